The van der Waals surface area contributed by atoms with Crippen LogP contribution in [0.15, 0.2) is 42.6 Å². The van der Waals surface area contributed by atoms with E-state index in [2.05, 4.69) is 10.2 Å². The number of fused-ring (bicyclic) bond motifs is 1. The van der Waals surface area contributed by atoms with Crippen LogP contribution in [0.1, 0.15) is 5.56 Å². The summed E-state index contributed by atoms with van der Waals surface area (Å²) in [6.07, 6.45) is -2.76. The molecule has 0 spiro atoms. The Labute approximate surface area is 124 Å². The van der Waals surface area contributed by atoms with E-state index >= 15 is 0 Å². The molecule has 0 saturated heterocycles. The fourth-order valence-electron chi connectivity index (χ4n) is 2.03. The summed E-state index contributed by atoms with van der Waals surface area (Å²) in [7, 11) is 0. The summed E-state index contributed by atoms with van der Waals surface area (Å²) in [5.41, 5.74) is 3.34. The van der Waals surface area contributed by atoms with Gasteiger partial charge >= 0.3 is 12.2 Å². The second-order valence-electron chi connectivity index (χ2n) is 4.90. The third kappa shape index (κ3) is 3.03. The summed E-state index contributed by atoms with van der Waals surface area (Å²) < 4.78 is 42.8. The number of rotatable bonds is 3. The van der Waals surface area contributed by atoms with Crippen LogP contribution >= 0.6 is 0 Å². The number of aryl methyl sites for hydroxylation is 1. The van der Waals surface area contributed by atoms with Crippen LogP contribution in [0.3, 0.4) is 0 Å². The lowest BCUT2D eigenvalue weighted by atomic mass is 10.1. The third-order valence-electron chi connectivity index (χ3n) is 3.12. The number of pyridine rings is 1. The molecule has 1 aromatic carbocycles. The lowest BCUT2D eigenvalue weighted by Gasteiger charge is -2.08. The molecule has 0 amide bonds. The van der Waals surface area contributed by atoms with Gasteiger partial charge < -0.3 is 4.74 Å². The third-order valence-corrected chi connectivity index (χ3v) is 3.12. The van der Waals surface area contributed by atoms with Crippen molar-refractivity contribution in [1.29, 1.82) is 0 Å². The van der Waals surface area contributed by atoms with E-state index in [9.17, 15) is 13.2 Å². The van der Waals surface area contributed by atoms with E-state index in [0.29, 0.717) is 5.65 Å². The van der Waals surface area contributed by atoms with E-state index in [0.717, 1.165) is 16.7 Å². The summed E-state index contributed by atoms with van der Waals surface area (Å²) in [5.74, 6) is 0. The highest BCUT2D eigenvalue weighted by Gasteiger charge is 2.29. The van der Waals surface area contributed by atoms with Crippen LogP contribution in [0.4, 0.5) is 13.2 Å². The van der Waals surface area contributed by atoms with Crippen LogP contribution in [0.2, 0.25) is 0 Å². The molecule has 2 heterocycles. The van der Waals surface area contributed by atoms with Crippen LogP contribution in [0.5, 0.6) is 6.01 Å². The monoisotopic (exact) mass is 307 g/mol. The van der Waals surface area contributed by atoms with Crippen molar-refractivity contribution in [2.45, 2.75) is 13.1 Å². The molecule has 4 nitrogen and oxygen atoms in total. The molecule has 0 atom stereocenters. The minimum atomic E-state index is -4.42. The van der Waals surface area contributed by atoms with Crippen LogP contribution < -0.4 is 4.74 Å². The molecule has 0 aliphatic carbocycles. The predicted octanol–water partition coefficient (Wildman–Crippen LogP) is 3.65. The van der Waals surface area contributed by atoms with Gasteiger partial charge in [-0.25, -0.2) is 0 Å². The molecule has 7 heteroatoms. The average Bonchev–Trinajstić information content (AvgIpc) is 2.87. The van der Waals surface area contributed by atoms with Crippen molar-refractivity contribution in [3.05, 3.63) is 48.2 Å². The van der Waals surface area contributed by atoms with Gasteiger partial charge in [0.2, 0.25) is 0 Å². The fourth-order valence-corrected chi connectivity index (χ4v) is 2.03. The molecule has 0 fully saturated rings. The Kier molecular flexibility index (Phi) is 3.48. The minimum Gasteiger partial charge on any atom is -0.454 e. The van der Waals surface area contributed by atoms with Gasteiger partial charge in [0.1, 0.15) is 0 Å². The van der Waals surface area contributed by atoms with Gasteiger partial charge in [0.05, 0.1) is 0 Å². The minimum absolute atomic E-state index is 0.179. The molecule has 0 bridgehead atoms. The van der Waals surface area contributed by atoms with Crippen LogP contribution in [0, 0.1) is 6.92 Å². The van der Waals surface area contributed by atoms with Crippen molar-refractivity contribution in [3.63, 3.8) is 0 Å². The molecule has 0 aliphatic rings. The molecule has 3 aromatic rings. The van der Waals surface area contributed by atoms with E-state index in [1.165, 1.54) is 4.40 Å². The topological polar surface area (TPSA) is 39.4 Å². The summed E-state index contributed by atoms with van der Waals surface area (Å²) in [4.78, 5) is 0. The highest BCUT2D eigenvalue weighted by Crippen LogP contribution is 2.23. The smallest absolute Gasteiger partial charge is 0.422 e. The van der Waals surface area contributed by atoms with Crippen molar-refractivity contribution in [2.75, 3.05) is 6.61 Å². The summed E-state index contributed by atoms with van der Waals surface area (Å²) >= 11 is 0. The first-order valence-corrected chi connectivity index (χ1v) is 6.54. The first-order valence-electron chi connectivity index (χ1n) is 6.54. The second kappa shape index (κ2) is 5.32. The van der Waals surface area contributed by atoms with Crippen molar-refractivity contribution in [1.82, 2.24) is 14.6 Å². The number of halogens is 3. The highest BCUT2D eigenvalue weighted by atomic mass is 19.4. The molecule has 2 aromatic heterocycles. The van der Waals surface area contributed by atoms with Gasteiger partial charge in [-0.1, -0.05) is 34.9 Å². The van der Waals surface area contributed by atoms with E-state index in [4.69, 9.17) is 4.74 Å². The zero-order valence-corrected chi connectivity index (χ0v) is 11.6. The van der Waals surface area contributed by atoms with Crippen molar-refractivity contribution < 1.29 is 17.9 Å². The van der Waals surface area contributed by atoms with E-state index < -0.39 is 12.8 Å². The number of nitrogens with zero attached hydrogens (tertiary/aromatic N) is 3. The van der Waals surface area contributed by atoms with Gasteiger partial charge in [-0.15, -0.1) is 5.10 Å². The summed E-state index contributed by atoms with van der Waals surface area (Å²) in [5, 5.41) is 7.43. The maximum atomic E-state index is 12.2. The number of hydrogen-bond acceptors (Lipinski definition) is 3. The quantitative estimate of drug-likeness (QED) is 0.741. The van der Waals surface area contributed by atoms with Gasteiger partial charge in [0.25, 0.3) is 0 Å². The molecule has 3 rings (SSSR count). The highest BCUT2D eigenvalue weighted by molar-refractivity contribution is 5.65. The van der Waals surface area contributed by atoms with Crippen molar-refractivity contribution in [2.24, 2.45) is 0 Å². The molecule has 0 N–H and O–H groups in total. The summed E-state index contributed by atoms with van der Waals surface area (Å²) in [6.45, 7) is 0.582. The maximum Gasteiger partial charge on any atom is 0.422 e. The van der Waals surface area contributed by atoms with E-state index in [-0.39, 0.29) is 6.01 Å². The first-order chi connectivity index (χ1) is 10.4. The zero-order chi connectivity index (χ0) is 15.7. The second-order valence-corrected chi connectivity index (χ2v) is 4.90. The standard InChI is InChI=1S/C15H12F3N3O/c1-10-2-4-11(5-3-10)12-6-7-13-19-20-14(21(13)8-12)22-9-15(16,17)18/h2-8H,9H2,1H3. The first kappa shape index (κ1) is 14.4. The SMILES string of the molecule is Cc1ccc(-c2ccc3nnc(OCC(F)(F)F)n3c2)cc1. The van der Waals surface area contributed by atoms with Gasteiger partial charge in [-0.2, -0.15) is 13.2 Å². The average molecular weight is 307 g/mol. The molecular formula is C15H12F3N3O. The van der Waals surface area contributed by atoms with E-state index in [1.54, 1.807) is 12.3 Å². The lowest BCUT2D eigenvalue weighted by Crippen LogP contribution is -2.20. The Bertz CT molecular complexity index is 794. The van der Waals surface area contributed by atoms with Gasteiger partial charge in [-0.05, 0) is 30.2 Å². The molecule has 114 valence electrons. The Balaban J connectivity index is 1.96. The fraction of sp³-hybridized carbons (Fsp3) is 0.200. The molecule has 0 radical (unpaired) electrons. The van der Waals surface area contributed by atoms with Gasteiger partial charge in [0.15, 0.2) is 12.3 Å². The molecule has 0 saturated carbocycles. The Hall–Kier alpha value is -2.57. The number of benzene rings is 1. The van der Waals surface area contributed by atoms with Crippen molar-refractivity contribution in [3.8, 4) is 17.1 Å². The van der Waals surface area contributed by atoms with Gasteiger partial charge in [-0.3, -0.25) is 4.40 Å². The molecular weight excluding hydrogens is 295 g/mol. The largest absolute Gasteiger partial charge is 0.454 e. The van der Waals surface area contributed by atoms with Crippen molar-refractivity contribution >= 4 is 5.65 Å². The number of aromatic nitrogens is 3. The van der Waals surface area contributed by atoms with Crippen LogP contribution in [0.25, 0.3) is 16.8 Å². The van der Waals surface area contributed by atoms with E-state index in [1.807, 2.05) is 37.3 Å². The van der Waals surface area contributed by atoms with Gasteiger partial charge in [0, 0.05) is 6.20 Å². The number of hydrogen-bond donors (Lipinski definition) is 0. The van der Waals surface area contributed by atoms with Crippen LogP contribution in [-0.4, -0.2) is 27.4 Å². The number of alkyl halides is 3. The zero-order valence-electron chi connectivity index (χ0n) is 11.6. The number of ether oxygens (including phenoxy) is 1. The molecule has 0 aliphatic heterocycles. The Morgan fingerprint density at radius 1 is 1.00 bits per heavy atom. The lowest BCUT2D eigenvalue weighted by molar-refractivity contribution is -0.154. The normalized spacial score (nSPS) is 11.8. The molecule has 22 heavy (non-hydrogen) atoms. The predicted molar refractivity (Wildman–Crippen MR) is 74.7 cm³/mol. The Morgan fingerprint density at radius 2 is 1.68 bits per heavy atom. The Morgan fingerprint density at radius 3 is 2.36 bits per heavy atom. The van der Waals surface area contributed by atoms with Crippen LogP contribution in [-0.2, 0) is 0 Å². The summed E-state index contributed by atoms with van der Waals surface area (Å²) in [6, 6.07) is 11.2. The maximum absolute atomic E-state index is 12.2. The molecule has 0 unspecified atom stereocenters.